The highest BCUT2D eigenvalue weighted by Gasteiger charge is 2.28. The van der Waals surface area contributed by atoms with E-state index in [1.165, 1.54) is 38.8 Å². The Labute approximate surface area is 180 Å². The van der Waals surface area contributed by atoms with Crippen LogP contribution in [0.25, 0.3) is 0 Å². The van der Waals surface area contributed by atoms with E-state index in [9.17, 15) is 4.79 Å². The van der Waals surface area contributed by atoms with E-state index >= 15 is 0 Å². The second kappa shape index (κ2) is 11.2. The molecule has 0 radical (unpaired) electrons. The first-order valence-electron chi connectivity index (χ1n) is 10.1. The van der Waals surface area contributed by atoms with Crippen molar-refractivity contribution in [3.63, 3.8) is 0 Å². The molecule has 0 aliphatic carbocycles. The van der Waals surface area contributed by atoms with Crippen molar-refractivity contribution in [3.8, 4) is 0 Å². The Morgan fingerprint density at radius 1 is 0.964 bits per heavy atom. The molecule has 6 nitrogen and oxygen atoms in total. The average molecular weight is 431 g/mol. The zero-order valence-electron chi connectivity index (χ0n) is 16.3. The van der Waals surface area contributed by atoms with Gasteiger partial charge in [0, 0.05) is 32.4 Å². The number of rotatable bonds is 3. The van der Waals surface area contributed by atoms with Crippen molar-refractivity contribution in [2.45, 2.75) is 25.7 Å². The fraction of sp³-hybridized carbons (Fsp3) is 0.700. The summed E-state index contributed by atoms with van der Waals surface area (Å²) >= 11 is 0. The maximum atomic E-state index is 12.5. The van der Waals surface area contributed by atoms with Crippen molar-refractivity contribution in [2.75, 3.05) is 57.4 Å². The topological polar surface area (TPSA) is 57.7 Å². The van der Waals surface area contributed by atoms with E-state index in [0.29, 0.717) is 31.9 Å². The number of amides is 1. The Bertz CT molecular complexity index is 597. The van der Waals surface area contributed by atoms with E-state index in [4.69, 9.17) is 4.74 Å². The Kier molecular flexibility index (Phi) is 9.28. The number of hydrogen-bond acceptors (Lipinski definition) is 5. The first-order valence-corrected chi connectivity index (χ1v) is 10.1. The van der Waals surface area contributed by atoms with Crippen LogP contribution in [0, 0.1) is 11.8 Å². The van der Waals surface area contributed by atoms with Crippen LogP contribution in [-0.2, 0) is 4.74 Å². The van der Waals surface area contributed by atoms with Crippen molar-refractivity contribution in [1.29, 1.82) is 0 Å². The summed E-state index contributed by atoms with van der Waals surface area (Å²) in [4.78, 5) is 21.3. The number of nitrogens with zero attached hydrogens (tertiary/aromatic N) is 3. The van der Waals surface area contributed by atoms with E-state index < -0.39 is 0 Å². The van der Waals surface area contributed by atoms with Crippen LogP contribution in [0.5, 0.6) is 0 Å². The highest BCUT2D eigenvalue weighted by Crippen LogP contribution is 2.32. The van der Waals surface area contributed by atoms with Gasteiger partial charge in [0.05, 0.1) is 18.8 Å². The number of nitrogens with one attached hydrogen (secondary N) is 1. The maximum absolute atomic E-state index is 12.5. The molecule has 0 saturated carbocycles. The smallest absolute Gasteiger partial charge is 0.255 e. The summed E-state index contributed by atoms with van der Waals surface area (Å²) in [5.41, 5.74) is 0.681. The number of aromatic nitrogens is 1. The van der Waals surface area contributed by atoms with Gasteiger partial charge in [-0.25, -0.2) is 4.98 Å². The number of pyridine rings is 1. The SMILES string of the molecule is Cl.Cl.O=C(c1ccc(N2CCC(C3CCNCC3)CC2)nc1)N1CCOCC1. The fourth-order valence-electron chi connectivity index (χ4n) is 4.56. The van der Waals surface area contributed by atoms with Crippen LogP contribution in [0.3, 0.4) is 0 Å². The molecule has 0 aromatic carbocycles. The van der Waals surface area contributed by atoms with Gasteiger partial charge in [-0.1, -0.05) is 0 Å². The largest absolute Gasteiger partial charge is 0.378 e. The molecule has 1 amide bonds. The predicted octanol–water partition coefficient (Wildman–Crippen LogP) is 2.61. The molecule has 0 bridgehead atoms. The molecular formula is C20H32Cl2N4O2. The van der Waals surface area contributed by atoms with Crippen LogP contribution in [0.1, 0.15) is 36.0 Å². The predicted molar refractivity (Wildman–Crippen MR) is 116 cm³/mol. The standard InChI is InChI=1S/C20H30N4O2.2ClH/c25-20(24-11-13-26-14-12-24)18-1-2-19(22-15-18)23-9-5-17(6-10-23)16-3-7-21-8-4-16;;/h1-2,15-17,21H,3-14H2;2*1H. The van der Waals surface area contributed by atoms with E-state index in [-0.39, 0.29) is 30.7 Å². The van der Waals surface area contributed by atoms with Gasteiger partial charge in [-0.2, -0.15) is 0 Å². The van der Waals surface area contributed by atoms with E-state index in [2.05, 4.69) is 15.2 Å². The van der Waals surface area contributed by atoms with Crippen LogP contribution in [0.4, 0.5) is 5.82 Å². The molecule has 1 aromatic rings. The van der Waals surface area contributed by atoms with Gasteiger partial charge in [0.1, 0.15) is 5.82 Å². The second-order valence-corrected chi connectivity index (χ2v) is 7.72. The second-order valence-electron chi connectivity index (χ2n) is 7.72. The molecule has 3 aliphatic rings. The van der Waals surface area contributed by atoms with Gasteiger partial charge in [-0.3, -0.25) is 4.79 Å². The van der Waals surface area contributed by atoms with Crippen LogP contribution in [0.2, 0.25) is 0 Å². The molecule has 4 heterocycles. The van der Waals surface area contributed by atoms with Gasteiger partial charge in [0.15, 0.2) is 0 Å². The van der Waals surface area contributed by atoms with Crippen molar-refractivity contribution in [2.24, 2.45) is 11.8 Å². The van der Waals surface area contributed by atoms with Gasteiger partial charge in [0.25, 0.3) is 5.91 Å². The zero-order chi connectivity index (χ0) is 17.8. The Morgan fingerprint density at radius 2 is 1.61 bits per heavy atom. The highest BCUT2D eigenvalue weighted by molar-refractivity contribution is 5.94. The molecule has 1 N–H and O–H groups in total. The molecule has 28 heavy (non-hydrogen) atoms. The first kappa shape index (κ1) is 23.2. The van der Waals surface area contributed by atoms with Crippen LogP contribution >= 0.6 is 24.8 Å². The van der Waals surface area contributed by atoms with Crippen molar-refractivity contribution >= 4 is 36.5 Å². The lowest BCUT2D eigenvalue weighted by Crippen LogP contribution is -2.41. The minimum atomic E-state index is 0. The molecule has 0 atom stereocenters. The van der Waals surface area contributed by atoms with E-state index in [1.807, 2.05) is 17.0 Å². The van der Waals surface area contributed by atoms with E-state index in [1.54, 1.807) is 6.20 Å². The number of ether oxygens (including phenoxy) is 1. The zero-order valence-corrected chi connectivity index (χ0v) is 18.0. The highest BCUT2D eigenvalue weighted by atomic mass is 35.5. The summed E-state index contributed by atoms with van der Waals surface area (Å²) in [5.74, 6) is 2.85. The molecule has 1 aromatic heterocycles. The van der Waals surface area contributed by atoms with E-state index in [0.717, 1.165) is 30.7 Å². The molecule has 3 aliphatic heterocycles. The molecule has 158 valence electrons. The molecule has 4 rings (SSSR count). The lowest BCUT2D eigenvalue weighted by Gasteiger charge is -2.38. The number of morpholine rings is 1. The lowest BCUT2D eigenvalue weighted by atomic mass is 9.79. The summed E-state index contributed by atoms with van der Waals surface area (Å²) in [7, 11) is 0. The number of halogens is 2. The third kappa shape index (κ3) is 5.50. The van der Waals surface area contributed by atoms with Crippen molar-refractivity contribution in [3.05, 3.63) is 23.9 Å². The Hall–Kier alpha value is -1.08. The van der Waals surface area contributed by atoms with Crippen LogP contribution in [0.15, 0.2) is 18.3 Å². The third-order valence-electron chi connectivity index (χ3n) is 6.21. The molecule has 3 fully saturated rings. The number of piperidine rings is 2. The first-order chi connectivity index (χ1) is 12.8. The molecule has 8 heteroatoms. The summed E-state index contributed by atoms with van der Waals surface area (Å²) in [6.07, 6.45) is 6.94. The van der Waals surface area contributed by atoms with Crippen molar-refractivity contribution < 1.29 is 9.53 Å². The third-order valence-corrected chi connectivity index (χ3v) is 6.21. The maximum Gasteiger partial charge on any atom is 0.255 e. The number of anilines is 1. The summed E-state index contributed by atoms with van der Waals surface area (Å²) < 4.78 is 5.32. The molecule has 3 saturated heterocycles. The van der Waals surface area contributed by atoms with Gasteiger partial charge in [-0.05, 0) is 62.7 Å². The summed E-state index contributed by atoms with van der Waals surface area (Å²) in [6.45, 7) is 7.13. The number of carbonyl (C=O) groups is 1. The summed E-state index contributed by atoms with van der Waals surface area (Å²) in [6, 6.07) is 3.94. The minimum absolute atomic E-state index is 0. The minimum Gasteiger partial charge on any atom is -0.378 e. The lowest BCUT2D eigenvalue weighted by molar-refractivity contribution is 0.0302. The normalized spacial score (nSPS) is 21.6. The van der Waals surface area contributed by atoms with Crippen LogP contribution in [-0.4, -0.2) is 68.3 Å². The van der Waals surface area contributed by atoms with Gasteiger partial charge < -0.3 is 19.9 Å². The van der Waals surface area contributed by atoms with Gasteiger partial charge >= 0.3 is 0 Å². The average Bonchev–Trinajstić information content (AvgIpc) is 2.75. The Morgan fingerprint density at radius 3 is 2.21 bits per heavy atom. The van der Waals surface area contributed by atoms with Crippen LogP contribution < -0.4 is 10.2 Å². The molecule has 0 spiro atoms. The monoisotopic (exact) mass is 430 g/mol. The summed E-state index contributed by atoms with van der Waals surface area (Å²) in [5, 5.41) is 3.47. The Balaban J connectivity index is 0.00000140. The molecular weight excluding hydrogens is 399 g/mol. The quantitative estimate of drug-likeness (QED) is 0.798. The van der Waals surface area contributed by atoms with Gasteiger partial charge in [0.2, 0.25) is 0 Å². The molecule has 0 unspecified atom stereocenters. The van der Waals surface area contributed by atoms with Crippen molar-refractivity contribution in [1.82, 2.24) is 15.2 Å². The number of hydrogen-bond donors (Lipinski definition) is 1. The van der Waals surface area contributed by atoms with Gasteiger partial charge in [-0.15, -0.1) is 24.8 Å². The number of carbonyl (C=O) groups excluding carboxylic acids is 1. The fourth-order valence-corrected chi connectivity index (χ4v) is 4.56.